The fourth-order valence-corrected chi connectivity index (χ4v) is 3.76. The number of halogens is 1. The number of fused-ring (bicyclic) bond motifs is 1. The molecule has 0 bridgehead atoms. The molecule has 3 heterocycles. The summed E-state index contributed by atoms with van der Waals surface area (Å²) in [4.78, 5) is 8.47. The van der Waals surface area contributed by atoms with Gasteiger partial charge in [-0.1, -0.05) is 13.0 Å². The number of benzene rings is 1. The first-order chi connectivity index (χ1) is 14.5. The van der Waals surface area contributed by atoms with E-state index in [0.717, 1.165) is 24.2 Å². The van der Waals surface area contributed by atoms with Crippen molar-refractivity contribution in [2.75, 3.05) is 11.9 Å². The van der Waals surface area contributed by atoms with E-state index in [-0.39, 0.29) is 17.8 Å². The van der Waals surface area contributed by atoms with Crippen LogP contribution in [0.4, 0.5) is 16.0 Å². The number of anilines is 2. The van der Waals surface area contributed by atoms with Crippen molar-refractivity contribution in [3.8, 4) is 11.3 Å². The van der Waals surface area contributed by atoms with Crippen molar-refractivity contribution in [1.82, 2.24) is 25.1 Å². The molecule has 0 amide bonds. The van der Waals surface area contributed by atoms with E-state index in [0.29, 0.717) is 17.9 Å². The lowest BCUT2D eigenvalue weighted by molar-refractivity contribution is 0.120. The Balaban J connectivity index is 1.59. The largest absolute Gasteiger partial charge is 0.391 e. The monoisotopic (exact) mass is 410 g/mol. The zero-order valence-electron chi connectivity index (χ0n) is 17.4. The Morgan fingerprint density at radius 2 is 2.17 bits per heavy atom. The third kappa shape index (κ3) is 4.06. The second-order valence-corrected chi connectivity index (χ2v) is 7.89. The molecule has 7 nitrogen and oxygen atoms in total. The van der Waals surface area contributed by atoms with Crippen LogP contribution in [0.5, 0.6) is 0 Å². The Hall–Kier alpha value is -2.84. The number of aromatic nitrogens is 4. The minimum Gasteiger partial charge on any atom is -0.391 e. The molecule has 4 rings (SSSR count). The number of rotatable bonds is 6. The Bertz CT molecular complexity index is 1030. The maximum atomic E-state index is 14.4. The third-order valence-corrected chi connectivity index (χ3v) is 5.44. The van der Waals surface area contributed by atoms with E-state index in [1.807, 2.05) is 32.9 Å². The standard InChI is InChI=1S/C22H27FN6O/c1-4-19(30)21-17-6-5-16(9-14(17)7-8-24-21)27-22-25-11-18(23)20(28-22)15-10-26-29(12-15)13(2)3/h5-6,9-13,19,21,24,30H,4,7-8H2,1-3H3,(H,25,27,28). The lowest BCUT2D eigenvalue weighted by Gasteiger charge is -2.30. The summed E-state index contributed by atoms with van der Waals surface area (Å²) >= 11 is 0. The summed E-state index contributed by atoms with van der Waals surface area (Å²) in [5.41, 5.74) is 3.95. The fourth-order valence-electron chi connectivity index (χ4n) is 3.76. The molecule has 0 radical (unpaired) electrons. The maximum Gasteiger partial charge on any atom is 0.227 e. The highest BCUT2D eigenvalue weighted by Crippen LogP contribution is 2.30. The van der Waals surface area contributed by atoms with Crippen LogP contribution in [0.15, 0.2) is 36.8 Å². The van der Waals surface area contributed by atoms with Crippen molar-refractivity contribution in [1.29, 1.82) is 0 Å². The normalized spacial score (nSPS) is 17.1. The fraction of sp³-hybridized carbons (Fsp3) is 0.409. The van der Waals surface area contributed by atoms with Crippen LogP contribution in [0.1, 0.15) is 50.4 Å². The van der Waals surface area contributed by atoms with Crippen LogP contribution >= 0.6 is 0 Å². The first kappa shape index (κ1) is 20.4. The van der Waals surface area contributed by atoms with Crippen LogP contribution in [-0.4, -0.2) is 37.5 Å². The summed E-state index contributed by atoms with van der Waals surface area (Å²) in [7, 11) is 0. The zero-order valence-corrected chi connectivity index (χ0v) is 17.4. The van der Waals surface area contributed by atoms with Gasteiger partial charge in [0.25, 0.3) is 0 Å². The van der Waals surface area contributed by atoms with E-state index in [9.17, 15) is 9.50 Å². The van der Waals surface area contributed by atoms with Crippen LogP contribution in [0, 0.1) is 5.82 Å². The van der Waals surface area contributed by atoms with Gasteiger partial charge in [-0.2, -0.15) is 5.10 Å². The average molecular weight is 410 g/mol. The average Bonchev–Trinajstić information content (AvgIpc) is 3.24. The van der Waals surface area contributed by atoms with Crippen molar-refractivity contribution in [2.45, 2.75) is 51.8 Å². The summed E-state index contributed by atoms with van der Waals surface area (Å²) in [6.07, 6.45) is 5.72. The summed E-state index contributed by atoms with van der Waals surface area (Å²) in [6.45, 7) is 6.81. The van der Waals surface area contributed by atoms with Crippen molar-refractivity contribution in [3.05, 3.63) is 53.7 Å². The molecule has 30 heavy (non-hydrogen) atoms. The molecule has 1 aliphatic rings. The van der Waals surface area contributed by atoms with Gasteiger partial charge in [0.1, 0.15) is 5.69 Å². The molecule has 3 N–H and O–H groups in total. The molecule has 0 saturated heterocycles. The first-order valence-electron chi connectivity index (χ1n) is 10.3. The Kier molecular flexibility index (Phi) is 5.78. The van der Waals surface area contributed by atoms with Gasteiger partial charge in [0.05, 0.1) is 24.5 Å². The molecule has 158 valence electrons. The van der Waals surface area contributed by atoms with E-state index in [1.54, 1.807) is 17.1 Å². The molecular formula is C22H27FN6O. The zero-order chi connectivity index (χ0) is 21.3. The maximum absolute atomic E-state index is 14.4. The molecule has 2 unspecified atom stereocenters. The smallest absolute Gasteiger partial charge is 0.227 e. The Labute approximate surface area is 175 Å². The molecule has 8 heteroatoms. The SMILES string of the molecule is CCC(O)C1NCCc2cc(Nc3ncc(F)c(-c4cnn(C(C)C)c4)n3)ccc21. The van der Waals surface area contributed by atoms with Gasteiger partial charge in [-0.25, -0.2) is 14.4 Å². The number of hydrogen-bond donors (Lipinski definition) is 3. The quantitative estimate of drug-likeness (QED) is 0.574. The van der Waals surface area contributed by atoms with E-state index in [2.05, 4.69) is 31.8 Å². The number of nitrogens with one attached hydrogen (secondary N) is 2. The summed E-state index contributed by atoms with van der Waals surface area (Å²) in [5, 5.41) is 21.1. The molecule has 2 aromatic heterocycles. The van der Waals surface area contributed by atoms with Gasteiger partial charge in [0, 0.05) is 23.5 Å². The minimum atomic E-state index is -0.489. The molecular weight excluding hydrogens is 383 g/mol. The topological polar surface area (TPSA) is 87.9 Å². The molecule has 0 fully saturated rings. The Morgan fingerprint density at radius 1 is 1.33 bits per heavy atom. The van der Waals surface area contributed by atoms with Crippen molar-refractivity contribution in [2.24, 2.45) is 0 Å². The van der Waals surface area contributed by atoms with Gasteiger partial charge in [-0.3, -0.25) is 4.68 Å². The summed E-state index contributed by atoms with van der Waals surface area (Å²) in [5.74, 6) is -0.167. The lowest BCUT2D eigenvalue weighted by atomic mass is 9.90. The molecule has 1 aromatic carbocycles. The van der Waals surface area contributed by atoms with Crippen molar-refractivity contribution in [3.63, 3.8) is 0 Å². The molecule has 3 aromatic rings. The van der Waals surface area contributed by atoms with E-state index in [1.165, 1.54) is 11.8 Å². The van der Waals surface area contributed by atoms with Crippen LogP contribution in [-0.2, 0) is 6.42 Å². The Morgan fingerprint density at radius 3 is 2.90 bits per heavy atom. The highest BCUT2D eigenvalue weighted by Gasteiger charge is 2.25. The van der Waals surface area contributed by atoms with Crippen LogP contribution in [0.3, 0.4) is 0 Å². The van der Waals surface area contributed by atoms with Gasteiger partial charge in [-0.05, 0) is 56.5 Å². The van der Waals surface area contributed by atoms with Crippen LogP contribution < -0.4 is 10.6 Å². The highest BCUT2D eigenvalue weighted by atomic mass is 19.1. The van der Waals surface area contributed by atoms with Gasteiger partial charge < -0.3 is 15.7 Å². The van der Waals surface area contributed by atoms with Crippen molar-refractivity contribution < 1.29 is 9.50 Å². The predicted molar refractivity (Wildman–Crippen MR) is 114 cm³/mol. The van der Waals surface area contributed by atoms with Gasteiger partial charge in [-0.15, -0.1) is 0 Å². The molecule has 0 spiro atoms. The number of aliphatic hydroxyl groups excluding tert-OH is 1. The lowest BCUT2D eigenvalue weighted by Crippen LogP contribution is -2.37. The van der Waals surface area contributed by atoms with Gasteiger partial charge >= 0.3 is 0 Å². The van der Waals surface area contributed by atoms with Crippen LogP contribution in [0.25, 0.3) is 11.3 Å². The summed E-state index contributed by atoms with van der Waals surface area (Å²) in [6, 6.07) is 6.13. The number of nitrogens with zero attached hydrogens (tertiary/aromatic N) is 4. The van der Waals surface area contributed by atoms with E-state index in [4.69, 9.17) is 0 Å². The molecule has 0 saturated carbocycles. The number of hydrogen-bond acceptors (Lipinski definition) is 6. The minimum absolute atomic E-state index is 0.0565. The second-order valence-electron chi connectivity index (χ2n) is 7.89. The van der Waals surface area contributed by atoms with Gasteiger partial charge in [0.2, 0.25) is 5.95 Å². The third-order valence-electron chi connectivity index (χ3n) is 5.44. The van der Waals surface area contributed by atoms with Gasteiger partial charge in [0.15, 0.2) is 5.82 Å². The van der Waals surface area contributed by atoms with E-state index >= 15 is 0 Å². The molecule has 1 aliphatic heterocycles. The predicted octanol–water partition coefficient (Wildman–Crippen LogP) is 3.76. The van der Waals surface area contributed by atoms with Crippen LogP contribution in [0.2, 0.25) is 0 Å². The second kappa shape index (κ2) is 8.49. The van der Waals surface area contributed by atoms with Crippen molar-refractivity contribution >= 4 is 11.6 Å². The summed E-state index contributed by atoms with van der Waals surface area (Å²) < 4.78 is 16.1. The highest BCUT2D eigenvalue weighted by molar-refractivity contribution is 5.62. The first-order valence-corrected chi connectivity index (χ1v) is 10.3. The van der Waals surface area contributed by atoms with E-state index < -0.39 is 11.9 Å². The number of aliphatic hydroxyl groups is 1. The molecule has 0 aliphatic carbocycles. The molecule has 2 atom stereocenters.